The van der Waals surface area contributed by atoms with Crippen molar-refractivity contribution in [2.24, 2.45) is 10.8 Å². The Kier molecular flexibility index (Phi) is 26.3. The molecule has 2 amide bonds. The number of ketones is 1. The molecular formula is C56H69Cl5N4O10S3. The maximum atomic E-state index is 13.1. The molecule has 4 aromatic rings. The molecule has 2 saturated carbocycles. The first-order valence-electron chi connectivity index (χ1n) is 25.6. The lowest BCUT2D eigenvalue weighted by atomic mass is 9.79. The van der Waals surface area contributed by atoms with Crippen molar-refractivity contribution in [3.63, 3.8) is 0 Å². The number of benzene rings is 4. The number of methoxy groups -OCH3 is 1. The Hall–Kier alpha value is -4.33. The number of hydrogen-bond acceptors (Lipinski definition) is 12. The molecule has 4 aromatic carbocycles. The number of amides is 2. The summed E-state index contributed by atoms with van der Waals surface area (Å²) in [5.41, 5.74) is 8.36. The van der Waals surface area contributed by atoms with Crippen LogP contribution in [0.3, 0.4) is 0 Å². The highest BCUT2D eigenvalue weighted by molar-refractivity contribution is 7.90. The van der Waals surface area contributed by atoms with Gasteiger partial charge in [-0.25, -0.2) is 21.6 Å². The van der Waals surface area contributed by atoms with Crippen molar-refractivity contribution in [1.29, 1.82) is 0 Å². The van der Waals surface area contributed by atoms with Crippen molar-refractivity contribution in [1.82, 2.24) is 10.6 Å². The number of unbranched alkanes of at least 4 members (excludes halogenated alkanes) is 2. The second kappa shape index (κ2) is 31.0. The Morgan fingerprint density at radius 3 is 1.47 bits per heavy atom. The number of nitrogens with two attached hydrogens (primary N) is 1. The van der Waals surface area contributed by atoms with Crippen molar-refractivity contribution in [2.45, 2.75) is 122 Å². The van der Waals surface area contributed by atoms with Gasteiger partial charge in [0, 0.05) is 52.6 Å². The second-order valence-electron chi connectivity index (χ2n) is 20.1. The van der Waals surface area contributed by atoms with Crippen LogP contribution in [0.5, 0.6) is 0 Å². The SMILES string of the molecule is CC(=O)C(Cc1ccc(N)cc1)NC(=O)C1(CCCCS(C)(=O)=O)CCCC1.COC(=O)C(Cc1ccc(NC(=O)c2c(Cl)cccc2Cl)cc1)NC(=S)C1(CCCCS(C)(=O)=O)CCCC1.O=C(Cl)c1c(Cl)cccc1Cl. The van der Waals surface area contributed by atoms with Crippen LogP contribution >= 0.6 is 70.2 Å². The third-order valence-corrected chi connectivity index (χ3v) is 18.0. The van der Waals surface area contributed by atoms with Crippen LogP contribution in [-0.2, 0) is 51.6 Å². The molecule has 0 saturated heterocycles. The molecule has 0 radical (unpaired) electrons. The molecule has 0 bridgehead atoms. The van der Waals surface area contributed by atoms with E-state index >= 15 is 0 Å². The van der Waals surface area contributed by atoms with E-state index < -0.39 is 54.3 Å². The molecule has 5 N–H and O–H groups in total. The number of Topliss-reactive ketones (excluding diaryl/α,β-unsaturated/α-hetero) is 1. The smallest absolute Gasteiger partial charge is 0.328 e. The summed E-state index contributed by atoms with van der Waals surface area (Å²) in [6.07, 6.45) is 14.8. The maximum absolute atomic E-state index is 13.1. The summed E-state index contributed by atoms with van der Waals surface area (Å²) in [4.78, 5) is 61.9. The van der Waals surface area contributed by atoms with Crippen LogP contribution in [0.15, 0.2) is 84.9 Å². The third kappa shape index (κ3) is 21.3. The van der Waals surface area contributed by atoms with Crippen LogP contribution in [0, 0.1) is 10.8 Å². The number of ether oxygens (including phenoxy) is 1. The fraction of sp³-hybridized carbons (Fsp3) is 0.464. The van der Waals surface area contributed by atoms with Gasteiger partial charge in [0.05, 0.1) is 49.4 Å². The van der Waals surface area contributed by atoms with E-state index in [1.165, 1.54) is 26.5 Å². The molecule has 2 fully saturated rings. The number of thiocarbonyl (C=S) groups is 1. The number of sulfone groups is 2. The van der Waals surface area contributed by atoms with E-state index in [0.717, 1.165) is 75.3 Å². The lowest BCUT2D eigenvalue weighted by molar-refractivity contribution is -0.142. The minimum Gasteiger partial charge on any atom is -0.467 e. The van der Waals surface area contributed by atoms with Crippen LogP contribution in [-0.4, -0.2) is 93.8 Å². The summed E-state index contributed by atoms with van der Waals surface area (Å²) in [6, 6.07) is 22.8. The van der Waals surface area contributed by atoms with E-state index in [1.54, 1.807) is 60.7 Å². The molecule has 2 atom stereocenters. The van der Waals surface area contributed by atoms with E-state index in [-0.39, 0.29) is 59.8 Å². The van der Waals surface area contributed by atoms with Crippen LogP contribution in [0.25, 0.3) is 0 Å². The molecule has 6 rings (SSSR count). The predicted molar refractivity (Wildman–Crippen MR) is 319 cm³/mol. The van der Waals surface area contributed by atoms with Gasteiger partial charge in [-0.1, -0.05) is 134 Å². The Morgan fingerprint density at radius 1 is 0.628 bits per heavy atom. The van der Waals surface area contributed by atoms with E-state index in [2.05, 4.69) is 16.0 Å². The molecule has 426 valence electrons. The number of hydrogen-bond donors (Lipinski definition) is 4. The quantitative estimate of drug-likeness (QED) is 0.0178. The number of anilines is 2. The zero-order valence-electron chi connectivity index (χ0n) is 44.2. The van der Waals surface area contributed by atoms with Gasteiger partial charge in [-0.05, 0) is 136 Å². The minimum absolute atomic E-state index is 0.0694. The molecule has 0 aromatic heterocycles. The highest BCUT2D eigenvalue weighted by Gasteiger charge is 2.42. The van der Waals surface area contributed by atoms with Crippen molar-refractivity contribution >= 4 is 135 Å². The van der Waals surface area contributed by atoms with Crippen LogP contribution in [0.1, 0.15) is 129 Å². The van der Waals surface area contributed by atoms with Gasteiger partial charge in [0.25, 0.3) is 11.1 Å². The molecule has 14 nitrogen and oxygen atoms in total. The fourth-order valence-electron chi connectivity index (χ4n) is 9.64. The Morgan fingerprint density at radius 2 is 1.05 bits per heavy atom. The monoisotopic (exact) mass is 1230 g/mol. The number of carbonyl (C=O) groups excluding carboxylic acids is 5. The van der Waals surface area contributed by atoms with Gasteiger partial charge in [0.15, 0.2) is 5.78 Å². The average molecular weight is 1230 g/mol. The zero-order valence-corrected chi connectivity index (χ0v) is 50.5. The highest BCUT2D eigenvalue weighted by atomic mass is 35.5. The normalized spacial score (nSPS) is 15.2. The predicted octanol–water partition coefficient (Wildman–Crippen LogP) is 12.1. The van der Waals surface area contributed by atoms with Crippen LogP contribution < -0.4 is 21.7 Å². The third-order valence-electron chi connectivity index (χ3n) is 13.9. The van der Waals surface area contributed by atoms with E-state index in [0.29, 0.717) is 54.9 Å². The maximum Gasteiger partial charge on any atom is 0.328 e. The standard InChI is InChI=1S/C28H34Cl2N2O5S2.C21H32N2O4S.C7H3Cl3O/c1-37-26(34)23(32-27(38)28(14-3-4-15-28)16-5-6-17-39(2,35)36)18-19-10-12-20(13-11-19)31-25(33)24-21(29)8-7-9-22(24)30;1-16(24)19(15-17-7-9-18(22)10-8-17)23-20(25)21(11-3-4-12-21)13-5-6-14-28(2,26)27;8-4-2-1-3-5(9)6(4)7(10)11/h7-13,23H,3-6,14-18H2,1-2H3,(H,31,33)(H,32,38);7-10,19H,3-6,11-15,22H2,1-2H3,(H,23,25);1-3H. The van der Waals surface area contributed by atoms with Gasteiger partial charge in [0.2, 0.25) is 5.91 Å². The number of nitrogens with one attached hydrogen (secondary N) is 3. The summed E-state index contributed by atoms with van der Waals surface area (Å²) in [5.74, 6) is -0.673. The topological polar surface area (TPSA) is 225 Å². The van der Waals surface area contributed by atoms with Gasteiger partial charge < -0.3 is 26.4 Å². The number of carbonyl (C=O) groups is 5. The first kappa shape index (κ1) is 66.2. The van der Waals surface area contributed by atoms with Gasteiger partial charge in [0.1, 0.15) is 25.7 Å². The van der Waals surface area contributed by atoms with E-state index in [1.807, 2.05) is 24.3 Å². The largest absolute Gasteiger partial charge is 0.467 e. The fourth-order valence-corrected chi connectivity index (χ4v) is 13.0. The summed E-state index contributed by atoms with van der Waals surface area (Å²) in [5, 5.41) is 9.48. The Labute approximate surface area is 489 Å². The van der Waals surface area contributed by atoms with Gasteiger partial charge in [-0.2, -0.15) is 0 Å². The number of nitrogen functional groups attached to an aromatic ring is 1. The molecular weight excluding hydrogens is 1160 g/mol. The zero-order chi connectivity index (χ0) is 57.8. The Bertz CT molecular complexity index is 2910. The number of rotatable bonds is 23. The van der Waals surface area contributed by atoms with Crippen molar-refractivity contribution in [2.75, 3.05) is 42.2 Å². The lowest BCUT2D eigenvalue weighted by Gasteiger charge is -2.33. The van der Waals surface area contributed by atoms with Crippen LogP contribution in [0.2, 0.25) is 20.1 Å². The van der Waals surface area contributed by atoms with Crippen molar-refractivity contribution in [3.8, 4) is 0 Å². The molecule has 0 spiro atoms. The van der Waals surface area contributed by atoms with Gasteiger partial charge >= 0.3 is 5.97 Å². The molecule has 0 heterocycles. The van der Waals surface area contributed by atoms with E-state index in [9.17, 15) is 40.8 Å². The lowest BCUT2D eigenvalue weighted by Crippen LogP contribution is -2.48. The first-order valence-corrected chi connectivity index (χ1v) is 32.0. The molecule has 78 heavy (non-hydrogen) atoms. The average Bonchev–Trinajstić information content (AvgIpc) is 4.07. The molecule has 2 aliphatic rings. The summed E-state index contributed by atoms with van der Waals surface area (Å²) in [6.45, 7) is 1.50. The van der Waals surface area contributed by atoms with Crippen LogP contribution in [0.4, 0.5) is 11.4 Å². The number of halogens is 5. The Balaban J connectivity index is 0.000000291. The molecule has 22 heteroatoms. The minimum atomic E-state index is -3.00. The number of esters is 1. The summed E-state index contributed by atoms with van der Waals surface area (Å²) >= 11 is 34.6. The highest BCUT2D eigenvalue weighted by Crippen LogP contribution is 2.44. The summed E-state index contributed by atoms with van der Waals surface area (Å²) in [7, 11) is -4.64. The summed E-state index contributed by atoms with van der Waals surface area (Å²) < 4.78 is 50.7. The van der Waals surface area contributed by atoms with Crippen molar-refractivity contribution < 1.29 is 45.5 Å². The first-order chi connectivity index (χ1) is 36.7. The van der Waals surface area contributed by atoms with Gasteiger partial charge in [-0.15, -0.1) is 0 Å². The van der Waals surface area contributed by atoms with Gasteiger partial charge in [-0.3, -0.25) is 19.2 Å². The molecule has 0 aliphatic heterocycles. The van der Waals surface area contributed by atoms with Crippen molar-refractivity contribution in [3.05, 3.63) is 127 Å². The second-order valence-corrected chi connectivity index (χ2v) is 27.0. The molecule has 2 unspecified atom stereocenters. The molecule has 2 aliphatic carbocycles. The van der Waals surface area contributed by atoms with E-state index in [4.69, 9.17) is 80.7 Å².